The number of hydrogen-bond acceptors (Lipinski definition) is 5. The van der Waals surface area contributed by atoms with Crippen molar-refractivity contribution in [3.8, 4) is 0 Å². The number of methoxy groups -OCH3 is 1. The third-order valence-corrected chi connectivity index (χ3v) is 2.76. The van der Waals surface area contributed by atoms with Gasteiger partial charge >= 0.3 is 12.1 Å². The van der Waals surface area contributed by atoms with Crippen molar-refractivity contribution in [2.24, 2.45) is 0 Å². The predicted molar refractivity (Wildman–Crippen MR) is 73.0 cm³/mol. The lowest BCUT2D eigenvalue weighted by atomic mass is 10.2. The van der Waals surface area contributed by atoms with Crippen LogP contribution in [0.4, 0.5) is 4.79 Å². The van der Waals surface area contributed by atoms with Gasteiger partial charge < -0.3 is 14.2 Å². The van der Waals surface area contributed by atoms with Gasteiger partial charge in [-0.3, -0.25) is 4.90 Å². The Bertz CT molecular complexity index is 408. The zero-order valence-electron chi connectivity index (χ0n) is 12.9. The standard InChI is InChI=1S/C14H23NO5/c1-13(2,3)20-12(17)15-10(7-8-11(16)18-6)9-19-14(15,4)5/h7-8,10H,9H2,1-6H3/b8-7+/t10-/m1/s1. The zero-order chi connectivity index (χ0) is 15.6. The summed E-state index contributed by atoms with van der Waals surface area (Å²) in [7, 11) is 1.30. The van der Waals surface area contributed by atoms with E-state index in [1.807, 2.05) is 0 Å². The zero-order valence-corrected chi connectivity index (χ0v) is 12.9. The van der Waals surface area contributed by atoms with Gasteiger partial charge in [-0.25, -0.2) is 9.59 Å². The highest BCUT2D eigenvalue weighted by Gasteiger charge is 2.44. The molecule has 0 bridgehead atoms. The topological polar surface area (TPSA) is 65.1 Å². The molecule has 0 saturated carbocycles. The Hall–Kier alpha value is -1.56. The summed E-state index contributed by atoms with van der Waals surface area (Å²) in [5.41, 5.74) is -1.38. The van der Waals surface area contributed by atoms with Crippen LogP contribution in [0.25, 0.3) is 0 Å². The van der Waals surface area contributed by atoms with E-state index in [4.69, 9.17) is 9.47 Å². The molecule has 0 aromatic carbocycles. The molecular formula is C14H23NO5. The summed E-state index contributed by atoms with van der Waals surface area (Å²) >= 11 is 0. The van der Waals surface area contributed by atoms with Crippen LogP contribution in [0.2, 0.25) is 0 Å². The number of hydrogen-bond donors (Lipinski definition) is 0. The van der Waals surface area contributed by atoms with E-state index >= 15 is 0 Å². The Kier molecular flexibility index (Phi) is 4.81. The highest BCUT2D eigenvalue weighted by molar-refractivity contribution is 5.82. The highest BCUT2D eigenvalue weighted by Crippen LogP contribution is 2.29. The molecule has 6 nitrogen and oxygen atoms in total. The first kappa shape index (κ1) is 16.5. The number of rotatable bonds is 2. The third-order valence-electron chi connectivity index (χ3n) is 2.76. The molecule has 0 radical (unpaired) electrons. The molecule has 114 valence electrons. The van der Waals surface area contributed by atoms with E-state index in [0.717, 1.165) is 0 Å². The quantitative estimate of drug-likeness (QED) is 0.574. The van der Waals surface area contributed by atoms with Gasteiger partial charge in [-0.2, -0.15) is 0 Å². The minimum absolute atomic E-state index is 0.305. The summed E-state index contributed by atoms with van der Waals surface area (Å²) in [5.74, 6) is -0.473. The molecule has 1 atom stereocenters. The Morgan fingerprint density at radius 3 is 2.45 bits per heavy atom. The Labute approximate surface area is 119 Å². The van der Waals surface area contributed by atoms with Crippen molar-refractivity contribution in [1.82, 2.24) is 4.90 Å². The average molecular weight is 285 g/mol. The maximum absolute atomic E-state index is 12.3. The van der Waals surface area contributed by atoms with Crippen LogP contribution >= 0.6 is 0 Å². The summed E-state index contributed by atoms with van der Waals surface area (Å²) in [4.78, 5) is 24.9. The van der Waals surface area contributed by atoms with Gasteiger partial charge in [0.2, 0.25) is 0 Å². The van der Waals surface area contributed by atoms with E-state index < -0.39 is 23.4 Å². The van der Waals surface area contributed by atoms with Crippen molar-refractivity contribution in [2.75, 3.05) is 13.7 Å². The molecular weight excluding hydrogens is 262 g/mol. The number of amides is 1. The van der Waals surface area contributed by atoms with Crippen LogP contribution in [0.15, 0.2) is 12.2 Å². The summed E-state index contributed by atoms with van der Waals surface area (Å²) in [6.45, 7) is 9.27. The van der Waals surface area contributed by atoms with Crippen LogP contribution in [-0.2, 0) is 19.0 Å². The Balaban J connectivity index is 2.88. The first-order chi connectivity index (χ1) is 9.07. The maximum atomic E-state index is 12.3. The molecule has 1 fully saturated rings. The molecule has 6 heteroatoms. The monoisotopic (exact) mass is 285 g/mol. The molecule has 20 heavy (non-hydrogen) atoms. The fourth-order valence-corrected chi connectivity index (χ4v) is 1.90. The lowest BCUT2D eigenvalue weighted by Crippen LogP contribution is -2.49. The lowest BCUT2D eigenvalue weighted by Gasteiger charge is -2.34. The van der Waals surface area contributed by atoms with Crippen molar-refractivity contribution < 1.29 is 23.8 Å². The van der Waals surface area contributed by atoms with Gasteiger partial charge in [-0.05, 0) is 34.6 Å². The molecule has 0 aromatic rings. The van der Waals surface area contributed by atoms with E-state index in [0.29, 0.717) is 6.61 Å². The SMILES string of the molecule is COC(=O)/C=C/[C@@H]1COC(C)(C)N1C(=O)OC(C)(C)C. The van der Waals surface area contributed by atoms with Gasteiger partial charge in [0.25, 0.3) is 0 Å². The van der Waals surface area contributed by atoms with E-state index in [1.54, 1.807) is 40.7 Å². The fraction of sp³-hybridized carbons (Fsp3) is 0.714. The molecule has 1 saturated heterocycles. The molecule has 1 amide bonds. The summed E-state index contributed by atoms with van der Waals surface area (Å²) in [6.07, 6.45) is 2.40. The van der Waals surface area contributed by atoms with Crippen LogP contribution in [0, 0.1) is 0 Å². The average Bonchev–Trinajstić information content (AvgIpc) is 2.59. The van der Waals surface area contributed by atoms with Crippen LogP contribution in [0.1, 0.15) is 34.6 Å². The van der Waals surface area contributed by atoms with Gasteiger partial charge in [-0.1, -0.05) is 6.08 Å². The Morgan fingerprint density at radius 1 is 1.35 bits per heavy atom. The van der Waals surface area contributed by atoms with Gasteiger partial charge in [0, 0.05) is 6.08 Å². The summed E-state index contributed by atoms with van der Waals surface area (Å²) < 4.78 is 15.5. The predicted octanol–water partition coefficient (Wildman–Crippen LogP) is 2.09. The second kappa shape index (κ2) is 5.83. The largest absolute Gasteiger partial charge is 0.466 e. The number of ether oxygens (including phenoxy) is 3. The number of carbonyl (C=O) groups excluding carboxylic acids is 2. The number of carbonyl (C=O) groups is 2. The first-order valence-electron chi connectivity index (χ1n) is 6.49. The normalized spacial score (nSPS) is 22.1. The van der Waals surface area contributed by atoms with Gasteiger partial charge in [0.15, 0.2) is 0 Å². The molecule has 1 rings (SSSR count). The van der Waals surface area contributed by atoms with Gasteiger partial charge in [0.05, 0.1) is 19.8 Å². The number of nitrogens with zero attached hydrogens (tertiary/aromatic N) is 1. The van der Waals surface area contributed by atoms with Gasteiger partial charge in [-0.15, -0.1) is 0 Å². The van der Waals surface area contributed by atoms with Crippen molar-refractivity contribution in [3.63, 3.8) is 0 Å². The molecule has 0 unspecified atom stereocenters. The molecule has 1 heterocycles. The smallest absolute Gasteiger partial charge is 0.413 e. The summed E-state index contributed by atoms with van der Waals surface area (Å²) in [6, 6.07) is -0.362. The number of esters is 1. The van der Waals surface area contributed by atoms with Crippen LogP contribution in [0.3, 0.4) is 0 Å². The van der Waals surface area contributed by atoms with E-state index in [-0.39, 0.29) is 6.04 Å². The molecule has 1 aliphatic heterocycles. The fourth-order valence-electron chi connectivity index (χ4n) is 1.90. The lowest BCUT2D eigenvalue weighted by molar-refractivity contribution is -0.134. The van der Waals surface area contributed by atoms with Crippen LogP contribution in [0.5, 0.6) is 0 Å². The van der Waals surface area contributed by atoms with Crippen LogP contribution in [-0.4, -0.2) is 48.0 Å². The summed E-state index contributed by atoms with van der Waals surface area (Å²) in [5, 5.41) is 0. The minimum Gasteiger partial charge on any atom is -0.466 e. The second-order valence-electron chi connectivity index (χ2n) is 6.06. The van der Waals surface area contributed by atoms with Crippen molar-refractivity contribution in [2.45, 2.75) is 52.0 Å². The molecule has 0 aromatic heterocycles. The molecule has 0 aliphatic carbocycles. The van der Waals surface area contributed by atoms with Crippen LogP contribution < -0.4 is 0 Å². The maximum Gasteiger partial charge on any atom is 0.413 e. The third kappa shape index (κ3) is 4.23. The minimum atomic E-state index is -0.784. The van der Waals surface area contributed by atoms with Crippen molar-refractivity contribution in [1.29, 1.82) is 0 Å². The van der Waals surface area contributed by atoms with Crippen molar-refractivity contribution >= 4 is 12.1 Å². The van der Waals surface area contributed by atoms with E-state index in [1.165, 1.54) is 18.1 Å². The molecule has 0 N–H and O–H groups in total. The molecule has 0 spiro atoms. The van der Waals surface area contributed by atoms with Gasteiger partial charge in [0.1, 0.15) is 11.3 Å². The molecule has 1 aliphatic rings. The van der Waals surface area contributed by atoms with E-state index in [2.05, 4.69) is 4.74 Å². The van der Waals surface area contributed by atoms with E-state index in [9.17, 15) is 9.59 Å². The first-order valence-corrected chi connectivity index (χ1v) is 6.49. The second-order valence-corrected chi connectivity index (χ2v) is 6.06. The van der Waals surface area contributed by atoms with Crippen molar-refractivity contribution in [3.05, 3.63) is 12.2 Å². The Morgan fingerprint density at radius 2 is 1.95 bits per heavy atom. The highest BCUT2D eigenvalue weighted by atomic mass is 16.6.